The van der Waals surface area contributed by atoms with E-state index in [0.29, 0.717) is 6.42 Å². The SMILES string of the molecule is [2H][C@]1(C(=O)OC)[C@]2(OC)OCCC3OC(C)(C)[C@@]1(C=C)[C@@]32[2H]. The molecule has 2 aliphatic heterocycles. The lowest BCUT2D eigenvalue weighted by Crippen LogP contribution is -2.77. The van der Waals surface area contributed by atoms with E-state index in [1.54, 1.807) is 13.8 Å². The van der Waals surface area contributed by atoms with Crippen molar-refractivity contribution in [1.82, 2.24) is 0 Å². The van der Waals surface area contributed by atoms with E-state index in [9.17, 15) is 4.79 Å². The summed E-state index contributed by atoms with van der Waals surface area (Å²) < 4.78 is 40.2. The summed E-state index contributed by atoms with van der Waals surface area (Å²) in [5.41, 5.74) is -2.26. The lowest BCUT2D eigenvalue weighted by atomic mass is 9.43. The van der Waals surface area contributed by atoms with E-state index in [2.05, 4.69) is 6.58 Å². The third-order valence-electron chi connectivity index (χ3n) is 4.88. The molecule has 1 saturated carbocycles. The van der Waals surface area contributed by atoms with Crippen LogP contribution < -0.4 is 0 Å². The molecule has 3 aliphatic rings. The van der Waals surface area contributed by atoms with Crippen LogP contribution in [0, 0.1) is 17.2 Å². The second-order valence-corrected chi connectivity index (χ2v) is 5.87. The molecule has 5 heteroatoms. The van der Waals surface area contributed by atoms with Crippen molar-refractivity contribution >= 4 is 5.97 Å². The molecule has 112 valence electrons. The van der Waals surface area contributed by atoms with Crippen LogP contribution in [0.1, 0.15) is 23.0 Å². The molecule has 0 N–H and O–H groups in total. The standard InChI is InChI=1S/C15H22O5/c1-6-14-10-9(20-13(14,2)3)7-8-19-15(10,18-5)11(14)12(16)17-4/h6,9-11H,1,7-8H2,2-5H3/t9?,10-,11-,14+,15-/m1/s1/i10D,11D. The lowest BCUT2D eigenvalue weighted by molar-refractivity contribution is -0.385. The van der Waals surface area contributed by atoms with Gasteiger partial charge in [0, 0.05) is 15.3 Å². The minimum absolute atomic E-state index is 0.250. The van der Waals surface area contributed by atoms with Crippen LogP contribution in [0.3, 0.4) is 0 Å². The Hall–Kier alpha value is -0.910. The van der Waals surface area contributed by atoms with Gasteiger partial charge in [0.25, 0.3) is 0 Å². The Labute approximate surface area is 122 Å². The summed E-state index contributed by atoms with van der Waals surface area (Å²) >= 11 is 0. The maximum Gasteiger partial charge on any atom is 0.315 e. The van der Waals surface area contributed by atoms with Crippen LogP contribution in [0.25, 0.3) is 0 Å². The van der Waals surface area contributed by atoms with Crippen molar-refractivity contribution in [3.05, 3.63) is 12.7 Å². The van der Waals surface area contributed by atoms with Crippen LogP contribution in [0.2, 0.25) is 0 Å². The highest BCUT2D eigenvalue weighted by Crippen LogP contribution is 2.73. The number of ether oxygens (including phenoxy) is 4. The fraction of sp³-hybridized carbons (Fsp3) is 0.800. The number of methoxy groups -OCH3 is 2. The van der Waals surface area contributed by atoms with Crippen molar-refractivity contribution in [1.29, 1.82) is 0 Å². The van der Waals surface area contributed by atoms with Crippen LogP contribution in [0.15, 0.2) is 12.7 Å². The summed E-state index contributed by atoms with van der Waals surface area (Å²) in [5, 5.41) is 0. The smallest absolute Gasteiger partial charge is 0.315 e. The molecule has 2 heterocycles. The number of hydrogen-bond donors (Lipinski definition) is 0. The van der Waals surface area contributed by atoms with Crippen molar-refractivity contribution in [2.45, 2.75) is 37.8 Å². The molecule has 2 saturated heterocycles. The first kappa shape index (κ1) is 11.7. The Morgan fingerprint density at radius 2 is 2.20 bits per heavy atom. The van der Waals surface area contributed by atoms with Gasteiger partial charge in [-0.25, -0.2) is 0 Å². The second kappa shape index (κ2) is 4.06. The molecule has 0 amide bonds. The Morgan fingerprint density at radius 1 is 1.50 bits per heavy atom. The average molecular weight is 284 g/mol. The summed E-state index contributed by atoms with van der Waals surface area (Å²) in [5.74, 6) is -5.95. The molecule has 5 atom stereocenters. The van der Waals surface area contributed by atoms with Crippen molar-refractivity contribution in [3.63, 3.8) is 0 Å². The van der Waals surface area contributed by atoms with Gasteiger partial charge in [-0.2, -0.15) is 0 Å². The van der Waals surface area contributed by atoms with Gasteiger partial charge >= 0.3 is 5.97 Å². The molecule has 5 nitrogen and oxygen atoms in total. The van der Waals surface area contributed by atoms with Gasteiger partial charge in [0.2, 0.25) is 0 Å². The lowest BCUT2D eigenvalue weighted by Gasteiger charge is -2.65. The molecule has 1 unspecified atom stereocenters. The summed E-state index contributed by atoms with van der Waals surface area (Å²) in [4.78, 5) is 12.6. The fourth-order valence-corrected chi connectivity index (χ4v) is 4.11. The van der Waals surface area contributed by atoms with Crippen LogP contribution in [0.5, 0.6) is 0 Å². The third-order valence-corrected chi connectivity index (χ3v) is 4.88. The van der Waals surface area contributed by atoms with Crippen molar-refractivity contribution in [2.75, 3.05) is 20.8 Å². The van der Waals surface area contributed by atoms with Crippen LogP contribution in [0.4, 0.5) is 0 Å². The molecular weight excluding hydrogens is 260 g/mol. The quantitative estimate of drug-likeness (QED) is 0.581. The van der Waals surface area contributed by atoms with Crippen molar-refractivity contribution in [3.8, 4) is 0 Å². The molecule has 0 aromatic heterocycles. The number of esters is 1. The van der Waals surface area contributed by atoms with Gasteiger partial charge in [0.05, 0.1) is 31.3 Å². The monoisotopic (exact) mass is 284 g/mol. The Kier molecular flexibility index (Phi) is 2.38. The minimum Gasteiger partial charge on any atom is -0.469 e. The third kappa shape index (κ3) is 1.23. The molecule has 0 radical (unpaired) electrons. The fourth-order valence-electron chi connectivity index (χ4n) is 4.11. The molecule has 0 aromatic carbocycles. The second-order valence-electron chi connectivity index (χ2n) is 5.87. The number of rotatable bonds is 3. The largest absolute Gasteiger partial charge is 0.469 e. The molecule has 3 rings (SSSR count). The van der Waals surface area contributed by atoms with E-state index in [1.165, 1.54) is 20.3 Å². The Balaban J connectivity index is 2.34. The van der Waals surface area contributed by atoms with E-state index in [0.717, 1.165) is 0 Å². The van der Waals surface area contributed by atoms with E-state index >= 15 is 0 Å². The highest BCUT2D eigenvalue weighted by Gasteiger charge is 2.85. The zero-order valence-electron chi connectivity index (χ0n) is 14.3. The maximum absolute atomic E-state index is 12.6. The van der Waals surface area contributed by atoms with Gasteiger partial charge in [-0.3, -0.25) is 4.79 Å². The Bertz CT molecular complexity index is 552. The summed E-state index contributed by atoms with van der Waals surface area (Å²) in [7, 11) is 2.56. The minimum atomic E-state index is -1.97. The number of carbonyl (C=O) groups excluding carboxylic acids is 1. The molecule has 0 aromatic rings. The predicted octanol–water partition coefficient (Wildman–Crippen LogP) is 1.52. The van der Waals surface area contributed by atoms with Gasteiger partial charge in [0.15, 0.2) is 5.79 Å². The zero-order chi connectivity index (χ0) is 16.6. The summed E-state index contributed by atoms with van der Waals surface area (Å²) in [6, 6.07) is 0. The highest BCUT2D eigenvalue weighted by molar-refractivity contribution is 5.78. The van der Waals surface area contributed by atoms with Gasteiger partial charge < -0.3 is 18.9 Å². The van der Waals surface area contributed by atoms with E-state index in [1.807, 2.05) is 0 Å². The number of carbonyl (C=O) groups is 1. The molecule has 3 fully saturated rings. The topological polar surface area (TPSA) is 54.0 Å². The van der Waals surface area contributed by atoms with E-state index < -0.39 is 40.7 Å². The normalized spacial score (nSPS) is 56.9. The predicted molar refractivity (Wildman–Crippen MR) is 70.9 cm³/mol. The summed E-state index contributed by atoms with van der Waals surface area (Å²) in [6.07, 6.45) is 1.48. The molecule has 0 bridgehead atoms. The van der Waals surface area contributed by atoms with Gasteiger partial charge in [-0.05, 0) is 20.3 Å². The van der Waals surface area contributed by atoms with Crippen LogP contribution >= 0.6 is 0 Å². The average Bonchev–Trinajstić information content (AvgIpc) is 2.67. The molecule has 20 heavy (non-hydrogen) atoms. The first-order chi connectivity index (χ1) is 10.2. The Morgan fingerprint density at radius 3 is 2.75 bits per heavy atom. The molecule has 0 spiro atoms. The van der Waals surface area contributed by atoms with Crippen LogP contribution in [-0.2, 0) is 23.7 Å². The number of hydrogen-bond acceptors (Lipinski definition) is 5. The zero-order valence-corrected chi connectivity index (χ0v) is 12.3. The van der Waals surface area contributed by atoms with Crippen LogP contribution in [-0.4, -0.2) is 44.3 Å². The van der Waals surface area contributed by atoms with Gasteiger partial charge in [0.1, 0.15) is 5.89 Å². The molecule has 1 aliphatic carbocycles. The van der Waals surface area contributed by atoms with E-state index in [-0.39, 0.29) is 6.61 Å². The molecular formula is C15H22O5. The highest BCUT2D eigenvalue weighted by atomic mass is 16.7. The van der Waals surface area contributed by atoms with Gasteiger partial charge in [-0.1, -0.05) is 6.08 Å². The van der Waals surface area contributed by atoms with Crippen molar-refractivity contribution < 1.29 is 26.5 Å². The van der Waals surface area contributed by atoms with Gasteiger partial charge in [-0.15, -0.1) is 6.58 Å². The van der Waals surface area contributed by atoms with Crippen molar-refractivity contribution in [2.24, 2.45) is 17.2 Å². The summed E-state index contributed by atoms with van der Waals surface area (Å²) in [6.45, 7) is 7.62. The first-order valence-corrected chi connectivity index (χ1v) is 6.76. The maximum atomic E-state index is 12.6. The van der Waals surface area contributed by atoms with E-state index in [4.69, 9.17) is 21.7 Å². The first-order valence-electron chi connectivity index (χ1n) is 7.76.